The Morgan fingerprint density at radius 2 is 1.50 bits per heavy atom. The topological polar surface area (TPSA) is 212 Å². The van der Waals surface area contributed by atoms with Crippen LogP contribution in [-0.2, 0) is 33.5 Å². The zero-order valence-corrected chi connectivity index (χ0v) is 22.2. The summed E-state index contributed by atoms with van der Waals surface area (Å²) in [5, 5.41) is 9.70. The van der Waals surface area contributed by atoms with Gasteiger partial charge in [-0.15, -0.1) is 0 Å². The number of rotatable bonds is 14. The summed E-state index contributed by atoms with van der Waals surface area (Å²) in [6.07, 6.45) is -0.522. The van der Waals surface area contributed by atoms with Crippen molar-refractivity contribution >= 4 is 35.4 Å². The van der Waals surface area contributed by atoms with Crippen LogP contribution in [0, 0.1) is 0 Å². The van der Waals surface area contributed by atoms with E-state index in [2.05, 4.69) is 21.3 Å². The maximum absolute atomic E-state index is 12.6. The number of nitrogens with one attached hydrogen (secondary N) is 4. The Bertz CT molecular complexity index is 994. The van der Waals surface area contributed by atoms with Crippen molar-refractivity contribution in [2.24, 2.45) is 11.5 Å². The first kappa shape index (κ1) is 32.2. The van der Waals surface area contributed by atoms with Crippen molar-refractivity contribution in [3.8, 4) is 0 Å². The van der Waals surface area contributed by atoms with E-state index < -0.39 is 72.8 Å². The molecule has 0 aliphatic carbocycles. The maximum Gasteiger partial charge on any atom is 0.308 e. The quantitative estimate of drug-likeness (QED) is 0.154. The Balaban J connectivity index is 2.68. The Morgan fingerprint density at radius 1 is 0.895 bits per heavy atom. The molecule has 0 aliphatic rings. The van der Waals surface area contributed by atoms with Crippen molar-refractivity contribution in [2.45, 2.75) is 64.3 Å². The van der Waals surface area contributed by atoms with Crippen molar-refractivity contribution in [2.75, 3.05) is 19.6 Å². The number of ether oxygens (including phenoxy) is 1. The molecule has 0 spiro atoms. The summed E-state index contributed by atoms with van der Waals surface area (Å²) >= 11 is 0. The highest BCUT2D eigenvalue weighted by Crippen LogP contribution is 2.16. The fourth-order valence-corrected chi connectivity index (χ4v) is 3.19. The van der Waals surface area contributed by atoms with E-state index in [1.165, 1.54) is 6.92 Å². The van der Waals surface area contributed by atoms with Crippen molar-refractivity contribution in [1.82, 2.24) is 21.3 Å². The number of benzene rings is 1. The fourth-order valence-electron chi connectivity index (χ4n) is 3.19. The van der Waals surface area contributed by atoms with E-state index in [1.807, 2.05) is 0 Å². The van der Waals surface area contributed by atoms with Gasteiger partial charge in [-0.2, -0.15) is 0 Å². The number of nitrogens with two attached hydrogens (primary N) is 2. The van der Waals surface area contributed by atoms with Crippen LogP contribution in [0.25, 0.3) is 0 Å². The number of carbonyl (C=O) groups is 6. The lowest BCUT2D eigenvalue weighted by molar-refractivity contribution is -0.156. The van der Waals surface area contributed by atoms with Gasteiger partial charge in [0, 0.05) is 13.0 Å². The second kappa shape index (κ2) is 15.4. The molecular formula is C25H38N6O7. The van der Waals surface area contributed by atoms with Crippen LogP contribution in [0.2, 0.25) is 0 Å². The van der Waals surface area contributed by atoms with Gasteiger partial charge < -0.3 is 37.5 Å². The molecule has 13 nitrogen and oxygen atoms in total. The van der Waals surface area contributed by atoms with E-state index in [4.69, 9.17) is 16.2 Å². The van der Waals surface area contributed by atoms with Crippen LogP contribution in [0.1, 0.15) is 52.1 Å². The number of carbonyl (C=O) groups excluding carboxylic acids is 6. The smallest absolute Gasteiger partial charge is 0.308 e. The third-order valence-corrected chi connectivity index (χ3v) is 4.99. The lowest BCUT2D eigenvalue weighted by Crippen LogP contribution is -2.51. The standard InChI is InChI=1S/C25H38N6O7/c1-15(32)22(27)23(16-8-6-5-7-9-16)31-20(35)14-28-19(34)13-29-24(37)17(30-18(33)10-11-26)12-21(36)38-25(2,3)4/h5-9,17,22-23H,10-14,26-27H2,1-4H3,(H,28,34)(H,29,37)(H,30,33)(H,31,35)/t17?,22?,23-/m0/s1. The molecule has 0 bridgehead atoms. The van der Waals surface area contributed by atoms with E-state index in [1.54, 1.807) is 51.1 Å². The van der Waals surface area contributed by atoms with E-state index in [0.717, 1.165) is 0 Å². The Hall–Kier alpha value is -3.84. The first-order valence-electron chi connectivity index (χ1n) is 12.1. The molecule has 0 radical (unpaired) electrons. The van der Waals surface area contributed by atoms with Gasteiger partial charge in [-0.1, -0.05) is 30.3 Å². The van der Waals surface area contributed by atoms with Crippen LogP contribution in [0.15, 0.2) is 30.3 Å². The predicted molar refractivity (Wildman–Crippen MR) is 138 cm³/mol. The van der Waals surface area contributed by atoms with Gasteiger partial charge in [-0.05, 0) is 33.3 Å². The first-order chi connectivity index (χ1) is 17.7. The summed E-state index contributed by atoms with van der Waals surface area (Å²) in [4.78, 5) is 73.2. The van der Waals surface area contributed by atoms with Crippen LogP contribution in [0.3, 0.4) is 0 Å². The summed E-state index contributed by atoms with van der Waals surface area (Å²) in [7, 11) is 0. The number of hydrogen-bond acceptors (Lipinski definition) is 9. The molecule has 210 valence electrons. The van der Waals surface area contributed by atoms with Gasteiger partial charge in [-0.25, -0.2) is 0 Å². The Morgan fingerprint density at radius 3 is 2.05 bits per heavy atom. The monoisotopic (exact) mass is 534 g/mol. The summed E-state index contributed by atoms with van der Waals surface area (Å²) < 4.78 is 5.20. The lowest BCUT2D eigenvalue weighted by atomic mass is 9.97. The first-order valence-corrected chi connectivity index (χ1v) is 12.1. The maximum atomic E-state index is 12.6. The molecule has 0 aliphatic heterocycles. The molecule has 0 saturated carbocycles. The van der Waals surface area contributed by atoms with Crippen LogP contribution in [-0.4, -0.2) is 72.7 Å². The third kappa shape index (κ3) is 12.4. The molecule has 1 aromatic rings. The van der Waals surface area contributed by atoms with Crippen LogP contribution < -0.4 is 32.7 Å². The van der Waals surface area contributed by atoms with Gasteiger partial charge in [0.1, 0.15) is 17.4 Å². The number of ketones is 1. The van der Waals surface area contributed by atoms with Crippen molar-refractivity contribution < 1.29 is 33.5 Å². The van der Waals surface area contributed by atoms with Gasteiger partial charge in [0.25, 0.3) is 0 Å². The molecular weight excluding hydrogens is 496 g/mol. The zero-order chi connectivity index (χ0) is 28.9. The minimum atomic E-state index is -1.29. The normalized spacial score (nSPS) is 13.3. The minimum Gasteiger partial charge on any atom is -0.460 e. The molecule has 8 N–H and O–H groups in total. The number of esters is 1. The third-order valence-electron chi connectivity index (χ3n) is 4.99. The number of hydrogen-bond donors (Lipinski definition) is 6. The van der Waals surface area contributed by atoms with Gasteiger partial charge in [0.05, 0.1) is 31.6 Å². The highest BCUT2D eigenvalue weighted by molar-refractivity contribution is 5.94. The van der Waals surface area contributed by atoms with Gasteiger partial charge in [-0.3, -0.25) is 28.8 Å². The molecule has 0 heterocycles. The van der Waals surface area contributed by atoms with E-state index in [9.17, 15) is 28.8 Å². The van der Waals surface area contributed by atoms with E-state index >= 15 is 0 Å². The zero-order valence-electron chi connectivity index (χ0n) is 22.2. The Labute approximate surface area is 221 Å². The molecule has 0 fully saturated rings. The van der Waals surface area contributed by atoms with Crippen molar-refractivity contribution in [1.29, 1.82) is 0 Å². The molecule has 0 saturated heterocycles. The van der Waals surface area contributed by atoms with Crippen molar-refractivity contribution in [3.05, 3.63) is 35.9 Å². The number of amides is 4. The fraction of sp³-hybridized carbons (Fsp3) is 0.520. The average molecular weight is 535 g/mol. The van der Waals surface area contributed by atoms with Gasteiger partial charge in [0.2, 0.25) is 23.6 Å². The van der Waals surface area contributed by atoms with E-state index in [-0.39, 0.29) is 18.7 Å². The van der Waals surface area contributed by atoms with E-state index in [0.29, 0.717) is 5.56 Å². The van der Waals surface area contributed by atoms with Crippen molar-refractivity contribution in [3.63, 3.8) is 0 Å². The molecule has 4 amide bonds. The van der Waals surface area contributed by atoms with Crippen LogP contribution in [0.4, 0.5) is 0 Å². The minimum absolute atomic E-state index is 0.0412. The largest absolute Gasteiger partial charge is 0.460 e. The van der Waals surface area contributed by atoms with Crippen LogP contribution in [0.5, 0.6) is 0 Å². The van der Waals surface area contributed by atoms with Gasteiger partial charge in [0.15, 0.2) is 0 Å². The second-order valence-electron chi connectivity index (χ2n) is 9.54. The highest BCUT2D eigenvalue weighted by Gasteiger charge is 2.28. The predicted octanol–water partition coefficient (Wildman–Crippen LogP) is -1.44. The second-order valence-corrected chi connectivity index (χ2v) is 9.54. The molecule has 2 unspecified atom stereocenters. The summed E-state index contributed by atoms with van der Waals surface area (Å²) in [6, 6.07) is 5.58. The molecule has 0 aromatic heterocycles. The highest BCUT2D eigenvalue weighted by atomic mass is 16.6. The summed E-state index contributed by atoms with van der Waals surface area (Å²) in [5.41, 5.74) is 11.1. The summed E-state index contributed by atoms with van der Waals surface area (Å²) in [5.74, 6) is -3.70. The lowest BCUT2D eigenvalue weighted by Gasteiger charge is -2.24. The summed E-state index contributed by atoms with van der Waals surface area (Å²) in [6.45, 7) is 5.34. The van der Waals surface area contributed by atoms with Gasteiger partial charge >= 0.3 is 5.97 Å². The molecule has 13 heteroatoms. The molecule has 1 rings (SSSR count). The molecule has 38 heavy (non-hydrogen) atoms. The molecule has 3 atom stereocenters. The molecule has 1 aromatic carbocycles. The average Bonchev–Trinajstić information content (AvgIpc) is 2.83. The SMILES string of the molecule is CC(=O)C(N)[C@@H](NC(=O)CNC(=O)CNC(=O)C(CC(=O)OC(C)(C)C)NC(=O)CCN)c1ccccc1. The Kier molecular flexibility index (Phi) is 13.1. The number of Topliss-reactive ketones (excluding diaryl/α,β-unsaturated/α-hetero) is 1. The van der Waals surface area contributed by atoms with Crippen LogP contribution >= 0.6 is 0 Å².